The number of hydrogen-bond donors (Lipinski definition) is 0. The summed E-state index contributed by atoms with van der Waals surface area (Å²) >= 11 is 11.3. The lowest BCUT2D eigenvalue weighted by molar-refractivity contribution is 0.281. The van der Waals surface area contributed by atoms with E-state index in [1.807, 2.05) is 6.07 Å². The second-order valence-corrected chi connectivity index (χ2v) is 4.44. The Balaban J connectivity index is 2.59. The average Bonchev–Trinajstić information content (AvgIpc) is 2.29. The fraction of sp³-hybridized carbons (Fsp3) is 0.500. The van der Waals surface area contributed by atoms with Gasteiger partial charge in [0.15, 0.2) is 0 Å². The van der Waals surface area contributed by atoms with Gasteiger partial charge in [-0.25, -0.2) is 4.39 Å². The van der Waals surface area contributed by atoms with Crippen LogP contribution < -0.4 is 0 Å². The van der Waals surface area contributed by atoms with Crippen LogP contribution in [0.3, 0.4) is 0 Å². The maximum absolute atomic E-state index is 13.2. The summed E-state index contributed by atoms with van der Waals surface area (Å²) in [6.07, 6.45) is 0.950. The Bertz CT molecular complexity index is 331. The van der Waals surface area contributed by atoms with Crippen LogP contribution >= 0.6 is 23.2 Å². The molecule has 0 aliphatic rings. The number of rotatable bonds is 6. The highest BCUT2D eigenvalue weighted by atomic mass is 35.5. The maximum Gasteiger partial charge on any atom is 0.142 e. The first-order valence-electron chi connectivity index (χ1n) is 5.39. The van der Waals surface area contributed by atoms with Gasteiger partial charge >= 0.3 is 0 Å². The lowest BCUT2D eigenvalue weighted by Crippen LogP contribution is -2.24. The molecule has 0 unspecified atom stereocenters. The highest BCUT2D eigenvalue weighted by Crippen LogP contribution is 2.16. The van der Waals surface area contributed by atoms with Crippen molar-refractivity contribution < 1.29 is 4.39 Å². The minimum absolute atomic E-state index is 0.174. The van der Waals surface area contributed by atoms with E-state index in [0.717, 1.165) is 31.6 Å². The molecule has 16 heavy (non-hydrogen) atoms. The van der Waals surface area contributed by atoms with Crippen molar-refractivity contribution in [2.45, 2.75) is 19.9 Å². The molecule has 0 saturated heterocycles. The summed E-state index contributed by atoms with van der Waals surface area (Å²) in [7, 11) is 0. The normalized spacial score (nSPS) is 11.1. The Labute approximate surface area is 106 Å². The lowest BCUT2D eigenvalue weighted by Gasteiger charge is -2.19. The molecule has 0 radical (unpaired) electrons. The van der Waals surface area contributed by atoms with E-state index >= 15 is 0 Å². The summed E-state index contributed by atoms with van der Waals surface area (Å²) < 4.78 is 13.2. The molecule has 0 atom stereocenters. The fourth-order valence-electron chi connectivity index (χ4n) is 1.53. The van der Waals surface area contributed by atoms with E-state index in [1.54, 1.807) is 6.07 Å². The van der Waals surface area contributed by atoms with Crippen LogP contribution in [0.25, 0.3) is 0 Å². The third-order valence-electron chi connectivity index (χ3n) is 2.45. The Kier molecular flexibility index (Phi) is 6.10. The van der Waals surface area contributed by atoms with Crippen molar-refractivity contribution in [1.82, 2.24) is 4.90 Å². The predicted octanol–water partition coefficient (Wildman–Crippen LogP) is 3.93. The van der Waals surface area contributed by atoms with Gasteiger partial charge in [-0.3, -0.25) is 4.90 Å². The van der Waals surface area contributed by atoms with Crippen molar-refractivity contribution in [3.63, 3.8) is 0 Å². The SMILES string of the molecule is CCN(CCCCl)Cc1ccc(Cl)c(F)c1. The Morgan fingerprint density at radius 3 is 2.69 bits per heavy atom. The second kappa shape index (κ2) is 7.10. The van der Waals surface area contributed by atoms with Gasteiger partial charge in [0.2, 0.25) is 0 Å². The van der Waals surface area contributed by atoms with Crippen LogP contribution in [0.5, 0.6) is 0 Å². The van der Waals surface area contributed by atoms with Crippen molar-refractivity contribution in [2.75, 3.05) is 19.0 Å². The van der Waals surface area contributed by atoms with Gasteiger partial charge in [-0.2, -0.15) is 0 Å². The second-order valence-electron chi connectivity index (χ2n) is 3.66. The molecule has 0 fully saturated rings. The fourth-order valence-corrected chi connectivity index (χ4v) is 1.77. The maximum atomic E-state index is 13.2. The first-order valence-corrected chi connectivity index (χ1v) is 6.31. The van der Waals surface area contributed by atoms with Crippen molar-refractivity contribution in [2.24, 2.45) is 0 Å². The van der Waals surface area contributed by atoms with E-state index in [2.05, 4.69) is 11.8 Å². The molecule has 0 aliphatic carbocycles. The number of alkyl halides is 1. The Morgan fingerprint density at radius 1 is 1.38 bits per heavy atom. The molecule has 0 amide bonds. The van der Waals surface area contributed by atoms with Gasteiger partial charge < -0.3 is 0 Å². The highest BCUT2D eigenvalue weighted by Gasteiger charge is 2.05. The quantitative estimate of drug-likeness (QED) is 0.704. The molecule has 0 saturated carbocycles. The topological polar surface area (TPSA) is 3.24 Å². The molecule has 90 valence electrons. The lowest BCUT2D eigenvalue weighted by atomic mass is 10.2. The monoisotopic (exact) mass is 263 g/mol. The van der Waals surface area contributed by atoms with Gasteiger partial charge in [0.05, 0.1) is 5.02 Å². The smallest absolute Gasteiger partial charge is 0.142 e. The first-order chi connectivity index (χ1) is 7.67. The van der Waals surface area contributed by atoms with E-state index in [1.165, 1.54) is 6.07 Å². The molecule has 0 aromatic heterocycles. The number of benzene rings is 1. The standard InChI is InChI=1S/C12H16Cl2FN/c1-2-16(7-3-6-13)9-10-4-5-11(14)12(15)8-10/h4-5,8H,2-3,6-7,9H2,1H3. The number of hydrogen-bond acceptors (Lipinski definition) is 1. The molecule has 4 heteroatoms. The van der Waals surface area contributed by atoms with Gasteiger partial charge in [0.25, 0.3) is 0 Å². The molecule has 0 aliphatic heterocycles. The van der Waals surface area contributed by atoms with Gasteiger partial charge in [0, 0.05) is 12.4 Å². The summed E-state index contributed by atoms with van der Waals surface area (Å²) in [4.78, 5) is 2.23. The van der Waals surface area contributed by atoms with Crippen molar-refractivity contribution in [3.8, 4) is 0 Å². The van der Waals surface area contributed by atoms with Crippen LogP contribution in [0.15, 0.2) is 18.2 Å². The van der Waals surface area contributed by atoms with E-state index in [0.29, 0.717) is 5.88 Å². The molecule has 1 aromatic carbocycles. The summed E-state index contributed by atoms with van der Waals surface area (Å²) in [5, 5.41) is 0.174. The van der Waals surface area contributed by atoms with Crippen molar-refractivity contribution >= 4 is 23.2 Å². The van der Waals surface area contributed by atoms with E-state index in [-0.39, 0.29) is 10.8 Å². The van der Waals surface area contributed by atoms with Crippen LogP contribution in [0.1, 0.15) is 18.9 Å². The first kappa shape index (κ1) is 13.8. The molecular formula is C12H16Cl2FN. The zero-order valence-electron chi connectivity index (χ0n) is 9.35. The van der Waals surface area contributed by atoms with Crippen molar-refractivity contribution in [1.29, 1.82) is 0 Å². The van der Waals surface area contributed by atoms with E-state index in [9.17, 15) is 4.39 Å². The Morgan fingerprint density at radius 2 is 2.12 bits per heavy atom. The molecule has 0 heterocycles. The molecule has 0 spiro atoms. The summed E-state index contributed by atoms with van der Waals surface area (Å²) in [6.45, 7) is 4.69. The minimum Gasteiger partial charge on any atom is -0.299 e. The van der Waals surface area contributed by atoms with Gasteiger partial charge in [-0.05, 0) is 37.2 Å². The largest absolute Gasteiger partial charge is 0.299 e. The number of nitrogens with zero attached hydrogens (tertiary/aromatic N) is 1. The molecule has 0 N–H and O–H groups in total. The van der Waals surface area contributed by atoms with Crippen LogP contribution in [-0.4, -0.2) is 23.9 Å². The number of halogens is 3. The molecule has 0 bridgehead atoms. The van der Waals surface area contributed by atoms with Crippen LogP contribution in [0.4, 0.5) is 4.39 Å². The van der Waals surface area contributed by atoms with Crippen molar-refractivity contribution in [3.05, 3.63) is 34.6 Å². The highest BCUT2D eigenvalue weighted by molar-refractivity contribution is 6.30. The molecule has 1 rings (SSSR count). The Hall–Kier alpha value is -0.310. The summed E-state index contributed by atoms with van der Waals surface area (Å²) in [6, 6.07) is 4.95. The van der Waals surface area contributed by atoms with E-state index in [4.69, 9.17) is 23.2 Å². The minimum atomic E-state index is -0.354. The zero-order valence-corrected chi connectivity index (χ0v) is 10.9. The molecule has 1 nitrogen and oxygen atoms in total. The zero-order chi connectivity index (χ0) is 12.0. The molecular weight excluding hydrogens is 248 g/mol. The van der Waals surface area contributed by atoms with Gasteiger partial charge in [-0.1, -0.05) is 24.6 Å². The summed E-state index contributed by atoms with van der Waals surface area (Å²) in [5.41, 5.74) is 0.943. The predicted molar refractivity (Wildman–Crippen MR) is 67.7 cm³/mol. The van der Waals surface area contributed by atoms with Crippen LogP contribution in [-0.2, 0) is 6.54 Å². The average molecular weight is 264 g/mol. The van der Waals surface area contributed by atoms with E-state index < -0.39 is 0 Å². The third-order valence-corrected chi connectivity index (χ3v) is 3.02. The van der Waals surface area contributed by atoms with Crippen LogP contribution in [0, 0.1) is 5.82 Å². The van der Waals surface area contributed by atoms with Crippen LogP contribution in [0.2, 0.25) is 5.02 Å². The molecule has 1 aromatic rings. The van der Waals surface area contributed by atoms with Gasteiger partial charge in [-0.15, -0.1) is 11.6 Å². The third kappa shape index (κ3) is 4.28. The summed E-state index contributed by atoms with van der Waals surface area (Å²) in [5.74, 6) is 0.304. The van der Waals surface area contributed by atoms with Gasteiger partial charge in [0.1, 0.15) is 5.82 Å².